The molecule has 23 heavy (non-hydrogen) atoms. The molecule has 118 valence electrons. The number of nitrogens with one attached hydrogen (secondary N) is 3. The number of amidine groups is 1. The molecule has 0 fully saturated rings. The quantitative estimate of drug-likeness (QED) is 0.805. The average Bonchev–Trinajstić information content (AvgIpc) is 3.05. The molecule has 0 bridgehead atoms. The lowest BCUT2D eigenvalue weighted by molar-refractivity contribution is 0.262. The Hall–Kier alpha value is -2.53. The number of rotatable bonds is 3. The standard InChI is InChI=1S/C17H17ClN4O/c1-11-5-6-14(10-15(11)18)22-17(23)21-13-4-2-3-12(9-13)16-19-7-8-20-16/h2-6,9-10H,7-8H2,1H3,(H,19,20)(H2,21,22,23). The van der Waals surface area contributed by atoms with Crippen LogP contribution in [0.4, 0.5) is 16.2 Å². The minimum Gasteiger partial charge on any atom is -0.368 e. The molecule has 0 unspecified atom stereocenters. The fraction of sp³-hybridized carbons (Fsp3) is 0.176. The maximum Gasteiger partial charge on any atom is 0.323 e. The number of aliphatic imine (C=N–C) groups is 1. The Bertz CT molecular complexity index is 773. The van der Waals surface area contributed by atoms with Gasteiger partial charge in [0, 0.05) is 28.5 Å². The summed E-state index contributed by atoms with van der Waals surface area (Å²) >= 11 is 6.06. The molecule has 5 nitrogen and oxygen atoms in total. The van der Waals surface area contributed by atoms with Gasteiger partial charge >= 0.3 is 6.03 Å². The molecule has 1 aliphatic rings. The van der Waals surface area contributed by atoms with Gasteiger partial charge < -0.3 is 16.0 Å². The number of hydrogen-bond donors (Lipinski definition) is 3. The first kappa shape index (κ1) is 15.4. The zero-order chi connectivity index (χ0) is 16.2. The van der Waals surface area contributed by atoms with Crippen molar-refractivity contribution in [3.05, 3.63) is 58.6 Å². The smallest absolute Gasteiger partial charge is 0.323 e. The summed E-state index contributed by atoms with van der Waals surface area (Å²) in [6, 6.07) is 12.7. The van der Waals surface area contributed by atoms with Gasteiger partial charge in [0.25, 0.3) is 0 Å². The van der Waals surface area contributed by atoms with Crippen LogP contribution in [0.15, 0.2) is 47.5 Å². The van der Waals surface area contributed by atoms with E-state index in [0.29, 0.717) is 16.4 Å². The van der Waals surface area contributed by atoms with E-state index < -0.39 is 0 Å². The van der Waals surface area contributed by atoms with Crippen LogP contribution in [0.2, 0.25) is 5.02 Å². The number of carbonyl (C=O) groups is 1. The third-order valence-electron chi connectivity index (χ3n) is 3.50. The number of aryl methyl sites for hydroxylation is 1. The summed E-state index contributed by atoms with van der Waals surface area (Å²) in [6.07, 6.45) is 0. The number of benzene rings is 2. The summed E-state index contributed by atoms with van der Waals surface area (Å²) < 4.78 is 0. The lowest BCUT2D eigenvalue weighted by Gasteiger charge is -2.10. The van der Waals surface area contributed by atoms with Gasteiger partial charge in [-0.3, -0.25) is 4.99 Å². The van der Waals surface area contributed by atoms with Crippen molar-refractivity contribution in [2.75, 3.05) is 23.7 Å². The van der Waals surface area contributed by atoms with Gasteiger partial charge in [0.05, 0.1) is 6.54 Å². The highest BCUT2D eigenvalue weighted by Crippen LogP contribution is 2.20. The molecule has 1 aliphatic heterocycles. The van der Waals surface area contributed by atoms with Crippen LogP contribution < -0.4 is 16.0 Å². The van der Waals surface area contributed by atoms with E-state index in [1.54, 1.807) is 6.07 Å². The Balaban J connectivity index is 1.67. The SMILES string of the molecule is Cc1ccc(NC(=O)Nc2cccc(C3=NCCN3)c2)cc1Cl. The van der Waals surface area contributed by atoms with Gasteiger partial charge in [-0.25, -0.2) is 4.79 Å². The molecule has 3 rings (SSSR count). The van der Waals surface area contributed by atoms with Crippen molar-refractivity contribution >= 4 is 34.8 Å². The highest BCUT2D eigenvalue weighted by molar-refractivity contribution is 6.31. The number of carbonyl (C=O) groups excluding carboxylic acids is 1. The number of nitrogens with zero attached hydrogens (tertiary/aromatic N) is 1. The van der Waals surface area contributed by atoms with Crippen LogP contribution in [0, 0.1) is 6.92 Å². The lowest BCUT2D eigenvalue weighted by Crippen LogP contribution is -2.21. The minimum absolute atomic E-state index is 0.316. The molecule has 6 heteroatoms. The molecular weight excluding hydrogens is 312 g/mol. The van der Waals surface area contributed by atoms with E-state index in [4.69, 9.17) is 11.6 Å². The molecule has 1 heterocycles. The van der Waals surface area contributed by atoms with Crippen LogP contribution in [0.25, 0.3) is 0 Å². The van der Waals surface area contributed by atoms with E-state index in [0.717, 1.165) is 30.1 Å². The minimum atomic E-state index is -0.316. The number of urea groups is 1. The van der Waals surface area contributed by atoms with Crippen molar-refractivity contribution in [1.82, 2.24) is 5.32 Å². The van der Waals surface area contributed by atoms with E-state index in [1.165, 1.54) is 0 Å². The molecule has 3 N–H and O–H groups in total. The Morgan fingerprint density at radius 2 is 1.96 bits per heavy atom. The van der Waals surface area contributed by atoms with Crippen molar-refractivity contribution in [1.29, 1.82) is 0 Å². The fourth-order valence-electron chi connectivity index (χ4n) is 2.30. The first-order valence-electron chi connectivity index (χ1n) is 7.35. The summed E-state index contributed by atoms with van der Waals surface area (Å²) in [7, 11) is 0. The topological polar surface area (TPSA) is 65.5 Å². The molecule has 2 amide bonds. The third-order valence-corrected chi connectivity index (χ3v) is 3.90. The second-order valence-electron chi connectivity index (χ2n) is 5.28. The van der Waals surface area contributed by atoms with Crippen LogP contribution in [-0.2, 0) is 0 Å². The van der Waals surface area contributed by atoms with Gasteiger partial charge in [0.15, 0.2) is 0 Å². The predicted molar refractivity (Wildman–Crippen MR) is 94.7 cm³/mol. The van der Waals surface area contributed by atoms with Gasteiger partial charge in [0.2, 0.25) is 0 Å². The first-order chi connectivity index (χ1) is 11.1. The zero-order valence-corrected chi connectivity index (χ0v) is 13.4. The number of anilines is 2. The normalized spacial score (nSPS) is 13.2. The van der Waals surface area contributed by atoms with E-state index in [-0.39, 0.29) is 6.03 Å². The van der Waals surface area contributed by atoms with Crippen molar-refractivity contribution in [2.24, 2.45) is 4.99 Å². The summed E-state index contributed by atoms with van der Waals surface area (Å²) in [5, 5.41) is 9.41. The molecule has 0 atom stereocenters. The first-order valence-corrected chi connectivity index (χ1v) is 7.72. The number of halogens is 1. The summed E-state index contributed by atoms with van der Waals surface area (Å²) in [4.78, 5) is 16.5. The molecule has 0 saturated carbocycles. The van der Waals surface area contributed by atoms with Crippen molar-refractivity contribution in [2.45, 2.75) is 6.92 Å². The predicted octanol–water partition coefficient (Wildman–Crippen LogP) is 3.64. The largest absolute Gasteiger partial charge is 0.368 e. The zero-order valence-electron chi connectivity index (χ0n) is 12.7. The van der Waals surface area contributed by atoms with Gasteiger partial charge in [-0.15, -0.1) is 0 Å². The highest BCUT2D eigenvalue weighted by Gasteiger charge is 2.09. The molecule has 0 radical (unpaired) electrons. The Morgan fingerprint density at radius 3 is 2.65 bits per heavy atom. The molecule has 2 aromatic rings. The van der Waals surface area contributed by atoms with Crippen LogP contribution in [0.3, 0.4) is 0 Å². The van der Waals surface area contributed by atoms with E-state index in [2.05, 4.69) is 20.9 Å². The van der Waals surface area contributed by atoms with Crippen molar-refractivity contribution in [3.63, 3.8) is 0 Å². The summed E-state index contributed by atoms with van der Waals surface area (Å²) in [6.45, 7) is 3.54. The van der Waals surface area contributed by atoms with E-state index in [1.807, 2.05) is 43.3 Å². The van der Waals surface area contributed by atoms with Gasteiger partial charge in [0.1, 0.15) is 5.84 Å². The van der Waals surface area contributed by atoms with Crippen molar-refractivity contribution < 1.29 is 4.79 Å². The molecule has 0 aromatic heterocycles. The molecular formula is C17H17ClN4O. The Kier molecular flexibility index (Phi) is 4.48. The molecule has 0 spiro atoms. The highest BCUT2D eigenvalue weighted by atomic mass is 35.5. The van der Waals surface area contributed by atoms with Crippen LogP contribution >= 0.6 is 11.6 Å². The van der Waals surface area contributed by atoms with E-state index >= 15 is 0 Å². The van der Waals surface area contributed by atoms with Crippen molar-refractivity contribution in [3.8, 4) is 0 Å². The maximum absolute atomic E-state index is 12.1. The lowest BCUT2D eigenvalue weighted by atomic mass is 10.2. The summed E-state index contributed by atoms with van der Waals surface area (Å²) in [5.41, 5.74) is 3.28. The van der Waals surface area contributed by atoms with Crippen LogP contribution in [0.1, 0.15) is 11.1 Å². The van der Waals surface area contributed by atoms with Gasteiger partial charge in [-0.05, 0) is 36.8 Å². The van der Waals surface area contributed by atoms with Crippen LogP contribution in [-0.4, -0.2) is 25.0 Å². The van der Waals surface area contributed by atoms with Gasteiger partial charge in [-0.2, -0.15) is 0 Å². The second-order valence-corrected chi connectivity index (χ2v) is 5.69. The molecule has 0 saturated heterocycles. The summed E-state index contributed by atoms with van der Waals surface area (Å²) in [5.74, 6) is 0.861. The fourth-order valence-corrected chi connectivity index (χ4v) is 2.48. The Morgan fingerprint density at radius 1 is 1.17 bits per heavy atom. The van der Waals surface area contributed by atoms with E-state index in [9.17, 15) is 4.79 Å². The maximum atomic E-state index is 12.1. The number of hydrogen-bond acceptors (Lipinski definition) is 3. The van der Waals surface area contributed by atoms with Crippen LogP contribution in [0.5, 0.6) is 0 Å². The second kappa shape index (κ2) is 6.71. The third kappa shape index (κ3) is 3.81. The Labute approximate surface area is 139 Å². The number of amides is 2. The van der Waals surface area contributed by atoms with Gasteiger partial charge in [-0.1, -0.05) is 29.8 Å². The monoisotopic (exact) mass is 328 g/mol. The average molecular weight is 329 g/mol. The molecule has 0 aliphatic carbocycles. The molecule has 2 aromatic carbocycles.